The summed E-state index contributed by atoms with van der Waals surface area (Å²) in [5.74, 6) is 1.06. The molecule has 0 atom stereocenters. The van der Waals surface area contributed by atoms with E-state index in [-0.39, 0.29) is 5.75 Å². The Bertz CT molecular complexity index is 770. The number of nitrogens with zero attached hydrogens (tertiary/aromatic N) is 4. The summed E-state index contributed by atoms with van der Waals surface area (Å²) in [6, 6.07) is 7.76. The lowest BCUT2D eigenvalue weighted by Gasteiger charge is -2.34. The first-order valence-electron chi connectivity index (χ1n) is 8.05. The third-order valence-corrected chi connectivity index (χ3v) is 6.10. The van der Waals surface area contributed by atoms with Gasteiger partial charge in [-0.1, -0.05) is 25.5 Å². The van der Waals surface area contributed by atoms with Crippen molar-refractivity contribution in [2.24, 2.45) is 0 Å². The molecule has 1 aliphatic heterocycles. The number of sulfonamides is 1. The number of unbranched alkanes of at least 4 members (excludes halogenated alkanes) is 1. The van der Waals surface area contributed by atoms with Crippen LogP contribution < -0.4 is 4.90 Å². The van der Waals surface area contributed by atoms with Gasteiger partial charge in [-0.2, -0.15) is 4.31 Å². The molecule has 0 saturated carbocycles. The van der Waals surface area contributed by atoms with Gasteiger partial charge in [-0.3, -0.25) is 4.98 Å². The third-order valence-electron chi connectivity index (χ3n) is 4.15. The monoisotopic (exact) mass is 334 g/mol. The number of anilines is 1. The number of rotatable bonds is 5. The van der Waals surface area contributed by atoms with Gasteiger partial charge in [-0.05, 0) is 18.6 Å². The van der Waals surface area contributed by atoms with Gasteiger partial charge in [0.25, 0.3) is 0 Å². The molecule has 1 saturated heterocycles. The summed E-state index contributed by atoms with van der Waals surface area (Å²) < 4.78 is 26.1. The summed E-state index contributed by atoms with van der Waals surface area (Å²) in [5.41, 5.74) is 1.74. The second-order valence-corrected chi connectivity index (χ2v) is 7.86. The molecule has 0 radical (unpaired) electrons. The topological polar surface area (TPSA) is 66.4 Å². The van der Waals surface area contributed by atoms with E-state index in [0.717, 1.165) is 29.7 Å². The molecule has 0 N–H and O–H groups in total. The predicted octanol–water partition coefficient (Wildman–Crippen LogP) is 1.88. The van der Waals surface area contributed by atoms with Crippen molar-refractivity contribution in [2.45, 2.75) is 19.8 Å². The molecule has 2 aromatic rings. The van der Waals surface area contributed by atoms with Crippen LogP contribution in [0.25, 0.3) is 11.0 Å². The molecule has 1 aromatic carbocycles. The summed E-state index contributed by atoms with van der Waals surface area (Å²) in [4.78, 5) is 11.2. The number of piperazine rings is 1. The smallest absolute Gasteiger partial charge is 0.214 e. The maximum absolute atomic E-state index is 12.2. The van der Waals surface area contributed by atoms with Crippen molar-refractivity contribution in [3.63, 3.8) is 0 Å². The highest BCUT2D eigenvalue weighted by atomic mass is 32.2. The Morgan fingerprint density at radius 2 is 1.78 bits per heavy atom. The minimum Gasteiger partial charge on any atom is -0.353 e. The van der Waals surface area contributed by atoms with Crippen LogP contribution in [-0.4, -0.2) is 54.6 Å². The van der Waals surface area contributed by atoms with Gasteiger partial charge in [-0.25, -0.2) is 13.4 Å². The molecule has 1 aliphatic rings. The van der Waals surface area contributed by atoms with Gasteiger partial charge < -0.3 is 4.90 Å². The average molecular weight is 334 g/mol. The zero-order chi connectivity index (χ0) is 16.3. The van der Waals surface area contributed by atoms with Crippen LogP contribution in [0.1, 0.15) is 19.8 Å². The standard InChI is InChI=1S/C16H22N4O2S/c1-2-3-12-23(21,22)20-10-8-19(9-11-20)16-13-17-14-6-4-5-7-15(14)18-16/h4-7,13H,2-3,8-12H2,1H3. The number of hydrogen-bond acceptors (Lipinski definition) is 5. The number of fused-ring (bicyclic) bond motifs is 1. The van der Waals surface area contributed by atoms with Crippen molar-refractivity contribution in [3.8, 4) is 0 Å². The number of aromatic nitrogens is 2. The highest BCUT2D eigenvalue weighted by Crippen LogP contribution is 2.18. The molecule has 0 amide bonds. The molecule has 23 heavy (non-hydrogen) atoms. The van der Waals surface area contributed by atoms with E-state index in [2.05, 4.69) is 14.9 Å². The fourth-order valence-electron chi connectivity index (χ4n) is 2.75. The first kappa shape index (κ1) is 16.1. The van der Waals surface area contributed by atoms with Crippen molar-refractivity contribution in [1.82, 2.24) is 14.3 Å². The van der Waals surface area contributed by atoms with Gasteiger partial charge >= 0.3 is 0 Å². The maximum atomic E-state index is 12.2. The number of para-hydroxylation sites is 2. The molecule has 0 bridgehead atoms. The second-order valence-electron chi connectivity index (χ2n) is 5.77. The molecule has 6 nitrogen and oxygen atoms in total. The quantitative estimate of drug-likeness (QED) is 0.835. The van der Waals surface area contributed by atoms with Crippen LogP contribution in [0.4, 0.5) is 5.82 Å². The van der Waals surface area contributed by atoms with E-state index in [1.54, 1.807) is 10.5 Å². The SMILES string of the molecule is CCCCS(=O)(=O)N1CCN(c2cnc3ccccc3n2)CC1. The highest BCUT2D eigenvalue weighted by molar-refractivity contribution is 7.89. The summed E-state index contributed by atoms with van der Waals surface area (Å²) in [6.45, 7) is 4.34. The fourth-order valence-corrected chi connectivity index (χ4v) is 4.38. The lowest BCUT2D eigenvalue weighted by Crippen LogP contribution is -2.49. The average Bonchev–Trinajstić information content (AvgIpc) is 2.60. The van der Waals surface area contributed by atoms with Gasteiger partial charge in [0, 0.05) is 26.2 Å². The minimum absolute atomic E-state index is 0.249. The van der Waals surface area contributed by atoms with E-state index in [9.17, 15) is 8.42 Å². The third kappa shape index (κ3) is 3.61. The number of hydrogen-bond donors (Lipinski definition) is 0. The fraction of sp³-hybridized carbons (Fsp3) is 0.500. The van der Waals surface area contributed by atoms with Crippen molar-refractivity contribution < 1.29 is 8.42 Å². The summed E-state index contributed by atoms with van der Waals surface area (Å²) >= 11 is 0. The zero-order valence-corrected chi connectivity index (χ0v) is 14.2. The largest absolute Gasteiger partial charge is 0.353 e. The van der Waals surface area contributed by atoms with Crippen molar-refractivity contribution in [2.75, 3.05) is 36.8 Å². The lowest BCUT2D eigenvalue weighted by atomic mass is 10.3. The molecule has 2 heterocycles. The Morgan fingerprint density at radius 3 is 2.48 bits per heavy atom. The molecule has 0 unspecified atom stereocenters. The molecule has 7 heteroatoms. The van der Waals surface area contributed by atoms with Gasteiger partial charge in [0.05, 0.1) is 23.0 Å². The molecule has 3 rings (SSSR count). The molecule has 0 aliphatic carbocycles. The van der Waals surface area contributed by atoms with Crippen molar-refractivity contribution in [1.29, 1.82) is 0 Å². The number of benzene rings is 1. The Kier molecular flexibility index (Phi) is 4.77. The molecule has 1 fully saturated rings. The Morgan fingerprint density at radius 1 is 1.09 bits per heavy atom. The second kappa shape index (κ2) is 6.80. The molecular formula is C16H22N4O2S. The van der Waals surface area contributed by atoms with Gasteiger partial charge in [0.1, 0.15) is 5.82 Å². The predicted molar refractivity (Wildman–Crippen MR) is 92.0 cm³/mol. The van der Waals surface area contributed by atoms with Gasteiger partial charge in [0.2, 0.25) is 10.0 Å². The van der Waals surface area contributed by atoms with Gasteiger partial charge in [-0.15, -0.1) is 0 Å². The first-order valence-corrected chi connectivity index (χ1v) is 9.65. The first-order chi connectivity index (χ1) is 11.1. The van der Waals surface area contributed by atoms with Crippen LogP contribution >= 0.6 is 0 Å². The Balaban J connectivity index is 1.68. The highest BCUT2D eigenvalue weighted by Gasteiger charge is 2.26. The molecule has 0 spiro atoms. The summed E-state index contributed by atoms with van der Waals surface area (Å²) in [5, 5.41) is 0. The van der Waals surface area contributed by atoms with E-state index in [1.807, 2.05) is 31.2 Å². The normalized spacial score (nSPS) is 16.8. The maximum Gasteiger partial charge on any atom is 0.214 e. The van der Waals surface area contributed by atoms with E-state index in [4.69, 9.17) is 0 Å². The Labute approximate surface area is 137 Å². The zero-order valence-electron chi connectivity index (χ0n) is 13.4. The van der Waals surface area contributed by atoms with Crippen LogP contribution in [0.15, 0.2) is 30.5 Å². The van der Waals surface area contributed by atoms with Crippen molar-refractivity contribution in [3.05, 3.63) is 30.5 Å². The van der Waals surface area contributed by atoms with E-state index in [1.165, 1.54) is 0 Å². The van der Waals surface area contributed by atoms with E-state index < -0.39 is 10.0 Å². The molecular weight excluding hydrogens is 312 g/mol. The van der Waals surface area contributed by atoms with Crippen LogP contribution in [-0.2, 0) is 10.0 Å². The van der Waals surface area contributed by atoms with E-state index >= 15 is 0 Å². The summed E-state index contributed by atoms with van der Waals surface area (Å²) in [7, 11) is -3.12. The van der Waals surface area contributed by atoms with Crippen LogP contribution in [0, 0.1) is 0 Å². The van der Waals surface area contributed by atoms with E-state index in [0.29, 0.717) is 26.2 Å². The van der Waals surface area contributed by atoms with Crippen LogP contribution in [0.3, 0.4) is 0 Å². The Hall–Kier alpha value is -1.73. The van der Waals surface area contributed by atoms with Crippen LogP contribution in [0.5, 0.6) is 0 Å². The van der Waals surface area contributed by atoms with Crippen LogP contribution in [0.2, 0.25) is 0 Å². The molecule has 1 aromatic heterocycles. The van der Waals surface area contributed by atoms with Crippen molar-refractivity contribution >= 4 is 26.9 Å². The lowest BCUT2D eigenvalue weighted by molar-refractivity contribution is 0.383. The molecule has 124 valence electrons. The minimum atomic E-state index is -3.12. The summed E-state index contributed by atoms with van der Waals surface area (Å²) in [6.07, 6.45) is 3.38. The van der Waals surface area contributed by atoms with Gasteiger partial charge in [0.15, 0.2) is 0 Å².